The van der Waals surface area contributed by atoms with Gasteiger partial charge < -0.3 is 14.6 Å². The molecule has 7 heteroatoms. The smallest absolute Gasteiger partial charge is 0.269 e. The number of likely N-dealkylation sites (N-methyl/N-ethyl adjacent to an activating group) is 1. The number of hydrogen-bond donors (Lipinski definition) is 1. The number of nitrogens with one attached hydrogen (secondary N) is 1. The van der Waals surface area contributed by atoms with Crippen molar-refractivity contribution in [2.45, 2.75) is 26.7 Å². The molecule has 1 aliphatic heterocycles. The number of benzene rings is 1. The SMILES string of the molecule is CNC(=O)C1=CC(Oc2cccc(-c3noc(CC(C)C)n3)c2)=CCC=N1.[HH]. The van der Waals surface area contributed by atoms with Crippen molar-refractivity contribution >= 4 is 12.1 Å². The number of carbonyl (C=O) groups excluding carboxylic acids is 1. The predicted octanol–water partition coefficient (Wildman–Crippen LogP) is 3.55. The Kier molecular flexibility index (Phi) is 5.80. The summed E-state index contributed by atoms with van der Waals surface area (Å²) in [6.07, 6.45) is 6.47. The quantitative estimate of drug-likeness (QED) is 0.842. The molecule has 2 heterocycles. The van der Waals surface area contributed by atoms with Gasteiger partial charge in [0.2, 0.25) is 11.7 Å². The summed E-state index contributed by atoms with van der Waals surface area (Å²) in [6, 6.07) is 7.43. The van der Waals surface area contributed by atoms with E-state index in [2.05, 4.69) is 34.3 Å². The predicted molar refractivity (Wildman–Crippen MR) is 104 cm³/mol. The highest BCUT2D eigenvalue weighted by atomic mass is 16.5. The molecule has 0 saturated carbocycles. The average Bonchev–Trinajstić information content (AvgIpc) is 2.98. The summed E-state index contributed by atoms with van der Waals surface area (Å²) in [5.41, 5.74) is 1.10. The fourth-order valence-electron chi connectivity index (χ4n) is 2.51. The lowest BCUT2D eigenvalue weighted by atomic mass is 10.1. The Morgan fingerprint density at radius 1 is 1.41 bits per heavy atom. The van der Waals surface area contributed by atoms with Gasteiger partial charge in [-0.05, 0) is 24.1 Å². The van der Waals surface area contributed by atoms with Crippen LogP contribution in [-0.4, -0.2) is 29.3 Å². The van der Waals surface area contributed by atoms with E-state index in [0.717, 1.165) is 12.0 Å². The van der Waals surface area contributed by atoms with E-state index in [1.54, 1.807) is 19.3 Å². The van der Waals surface area contributed by atoms with Crippen LogP contribution in [0.4, 0.5) is 0 Å². The maximum absolute atomic E-state index is 11.8. The van der Waals surface area contributed by atoms with Gasteiger partial charge in [-0.2, -0.15) is 4.98 Å². The van der Waals surface area contributed by atoms with Crippen LogP contribution in [0.5, 0.6) is 5.75 Å². The lowest BCUT2D eigenvalue weighted by molar-refractivity contribution is -0.117. The molecule has 1 aromatic carbocycles. The number of ether oxygens (including phenoxy) is 1. The van der Waals surface area contributed by atoms with E-state index in [1.165, 1.54) is 0 Å². The van der Waals surface area contributed by atoms with Gasteiger partial charge in [-0.15, -0.1) is 0 Å². The van der Waals surface area contributed by atoms with E-state index in [-0.39, 0.29) is 7.33 Å². The molecule has 0 bridgehead atoms. The Balaban J connectivity index is 0.00000280. The Morgan fingerprint density at radius 3 is 3.04 bits per heavy atom. The molecule has 2 aromatic rings. The molecule has 1 amide bonds. The van der Waals surface area contributed by atoms with Crippen LogP contribution in [0.2, 0.25) is 0 Å². The van der Waals surface area contributed by atoms with Crippen LogP contribution < -0.4 is 10.1 Å². The maximum atomic E-state index is 11.8. The minimum absolute atomic E-state index is 0. The first-order valence-corrected chi connectivity index (χ1v) is 8.82. The molecular weight excluding hydrogens is 344 g/mol. The van der Waals surface area contributed by atoms with Crippen molar-refractivity contribution in [1.29, 1.82) is 0 Å². The van der Waals surface area contributed by atoms with Gasteiger partial charge in [-0.3, -0.25) is 9.79 Å². The molecule has 142 valence electrons. The molecule has 1 aromatic heterocycles. The molecule has 0 saturated heterocycles. The third-order valence-corrected chi connectivity index (χ3v) is 3.77. The van der Waals surface area contributed by atoms with Crippen molar-refractivity contribution in [1.82, 2.24) is 15.5 Å². The van der Waals surface area contributed by atoms with E-state index in [9.17, 15) is 4.79 Å². The molecule has 0 fully saturated rings. The van der Waals surface area contributed by atoms with E-state index in [1.807, 2.05) is 30.3 Å². The number of aliphatic imine (C=N–C) groups is 1. The zero-order valence-corrected chi connectivity index (χ0v) is 15.6. The standard InChI is InChI=1S/C20H22N4O3.H2/c1-13(2)10-18-23-19(24-27-18)14-6-4-7-15(11-14)26-16-8-5-9-22-17(12-16)20(25)21-3;/h4,6-9,11-13H,5,10H2,1-3H3,(H,21,25);1H. The maximum Gasteiger partial charge on any atom is 0.269 e. The first kappa shape index (κ1) is 18.6. The number of carbonyl (C=O) groups is 1. The zero-order valence-electron chi connectivity index (χ0n) is 15.6. The zero-order chi connectivity index (χ0) is 19.2. The highest BCUT2D eigenvalue weighted by Gasteiger charge is 2.13. The summed E-state index contributed by atoms with van der Waals surface area (Å²) in [4.78, 5) is 20.4. The third kappa shape index (κ3) is 4.91. The Morgan fingerprint density at radius 2 is 2.26 bits per heavy atom. The van der Waals surface area contributed by atoms with Gasteiger partial charge in [-0.1, -0.05) is 31.1 Å². The molecule has 0 radical (unpaired) electrons. The van der Waals surface area contributed by atoms with Crippen LogP contribution in [0.25, 0.3) is 11.4 Å². The summed E-state index contributed by atoms with van der Waals surface area (Å²) in [5.74, 6) is 2.49. The third-order valence-electron chi connectivity index (χ3n) is 3.77. The van der Waals surface area contributed by atoms with Crippen molar-refractivity contribution in [2.24, 2.45) is 10.9 Å². The van der Waals surface area contributed by atoms with Crippen molar-refractivity contribution in [3.63, 3.8) is 0 Å². The summed E-state index contributed by atoms with van der Waals surface area (Å²) in [6.45, 7) is 4.20. The largest absolute Gasteiger partial charge is 0.458 e. The number of allylic oxidation sites excluding steroid dienone is 2. The van der Waals surface area contributed by atoms with Crippen molar-refractivity contribution in [3.05, 3.63) is 53.8 Å². The Hall–Kier alpha value is -3.22. The summed E-state index contributed by atoms with van der Waals surface area (Å²) >= 11 is 0. The van der Waals surface area contributed by atoms with Gasteiger partial charge in [0.25, 0.3) is 5.91 Å². The van der Waals surface area contributed by atoms with E-state index >= 15 is 0 Å². The average molecular weight is 368 g/mol. The number of amides is 1. The second-order valence-corrected chi connectivity index (χ2v) is 6.50. The molecule has 27 heavy (non-hydrogen) atoms. The molecule has 0 atom stereocenters. The first-order chi connectivity index (χ1) is 13.0. The van der Waals surface area contributed by atoms with Gasteiger partial charge in [-0.25, -0.2) is 0 Å². The molecule has 1 aliphatic rings. The van der Waals surface area contributed by atoms with E-state index in [0.29, 0.717) is 41.3 Å². The van der Waals surface area contributed by atoms with Gasteiger partial charge in [0.05, 0.1) is 0 Å². The van der Waals surface area contributed by atoms with Gasteiger partial charge in [0.1, 0.15) is 17.2 Å². The molecule has 3 rings (SSSR count). The monoisotopic (exact) mass is 368 g/mol. The minimum atomic E-state index is -0.263. The van der Waals surface area contributed by atoms with Crippen molar-refractivity contribution < 1.29 is 15.5 Å². The molecule has 1 N–H and O–H groups in total. The molecule has 0 aliphatic carbocycles. The number of rotatable bonds is 6. The van der Waals surface area contributed by atoms with Gasteiger partial charge in [0, 0.05) is 39.2 Å². The lowest BCUT2D eigenvalue weighted by Crippen LogP contribution is -2.19. The molecule has 0 unspecified atom stereocenters. The van der Waals surface area contributed by atoms with Crippen LogP contribution in [0.1, 0.15) is 27.6 Å². The van der Waals surface area contributed by atoms with Crippen LogP contribution >= 0.6 is 0 Å². The number of hydrogen-bond acceptors (Lipinski definition) is 6. The highest BCUT2D eigenvalue weighted by molar-refractivity contribution is 5.95. The van der Waals surface area contributed by atoms with Crippen LogP contribution in [0, 0.1) is 5.92 Å². The summed E-state index contributed by atoms with van der Waals surface area (Å²) < 4.78 is 11.2. The second-order valence-electron chi connectivity index (χ2n) is 6.50. The van der Waals surface area contributed by atoms with Crippen LogP contribution in [0.3, 0.4) is 0 Å². The lowest BCUT2D eigenvalue weighted by Gasteiger charge is -2.08. The van der Waals surface area contributed by atoms with Crippen molar-refractivity contribution in [2.75, 3.05) is 7.05 Å². The summed E-state index contributed by atoms with van der Waals surface area (Å²) in [7, 11) is 1.57. The Bertz CT molecular complexity index is 916. The van der Waals surface area contributed by atoms with E-state index < -0.39 is 0 Å². The van der Waals surface area contributed by atoms with Crippen molar-refractivity contribution in [3.8, 4) is 17.1 Å². The van der Waals surface area contributed by atoms with E-state index in [4.69, 9.17) is 9.26 Å². The normalized spacial score (nSPS) is 13.8. The summed E-state index contributed by atoms with van der Waals surface area (Å²) in [5, 5.41) is 6.61. The van der Waals surface area contributed by atoms with Gasteiger partial charge in [0.15, 0.2) is 0 Å². The molecular formula is C20H24N4O3. The first-order valence-electron chi connectivity index (χ1n) is 8.82. The highest BCUT2D eigenvalue weighted by Crippen LogP contribution is 2.24. The van der Waals surface area contributed by atoms with Gasteiger partial charge >= 0.3 is 0 Å². The van der Waals surface area contributed by atoms with Crippen LogP contribution in [-0.2, 0) is 11.2 Å². The van der Waals surface area contributed by atoms with Crippen LogP contribution in [0.15, 0.2) is 57.4 Å². The minimum Gasteiger partial charge on any atom is -0.458 e. The number of nitrogens with zero attached hydrogens (tertiary/aromatic N) is 3. The molecule has 0 spiro atoms. The fraction of sp³-hybridized carbons (Fsp3) is 0.300. The second kappa shape index (κ2) is 8.44. The molecule has 7 nitrogen and oxygen atoms in total. The number of aromatic nitrogens is 2. The Labute approximate surface area is 159 Å². The topological polar surface area (TPSA) is 89.6 Å². The fourth-order valence-corrected chi connectivity index (χ4v) is 2.51.